The number of hydrogen-bond acceptors (Lipinski definition) is 3. The Labute approximate surface area is 144 Å². The van der Waals surface area contributed by atoms with Gasteiger partial charge in [0.25, 0.3) is 5.91 Å². The van der Waals surface area contributed by atoms with Crippen LogP contribution in [0, 0.1) is 5.41 Å². The minimum Gasteiger partial charge on any atom is -0.481 e. The summed E-state index contributed by atoms with van der Waals surface area (Å²) < 4.78 is 0. The fraction of sp³-hybridized carbons (Fsp3) is 0.389. The third-order valence-corrected chi connectivity index (χ3v) is 5.16. The molecule has 2 N–H and O–H groups in total. The van der Waals surface area contributed by atoms with Crippen molar-refractivity contribution in [3.8, 4) is 0 Å². The van der Waals surface area contributed by atoms with Crippen LogP contribution in [0.3, 0.4) is 0 Å². The van der Waals surface area contributed by atoms with E-state index in [0.717, 1.165) is 24.1 Å². The first-order valence-corrected chi connectivity index (χ1v) is 8.48. The molecule has 124 valence electrons. The summed E-state index contributed by atoms with van der Waals surface area (Å²) in [6, 6.07) is 7.14. The minimum absolute atomic E-state index is 0.157. The van der Waals surface area contributed by atoms with Gasteiger partial charge in [0.2, 0.25) is 0 Å². The summed E-state index contributed by atoms with van der Waals surface area (Å²) >= 11 is 6.07. The predicted molar refractivity (Wildman–Crippen MR) is 90.4 cm³/mol. The number of aliphatic carboxylic acids is 1. The number of benzene rings is 1. The lowest BCUT2D eigenvalue weighted by Crippen LogP contribution is -2.34. The highest BCUT2D eigenvalue weighted by atomic mass is 35.5. The Morgan fingerprint density at radius 2 is 2.04 bits per heavy atom. The van der Waals surface area contributed by atoms with Crippen molar-refractivity contribution in [1.82, 2.24) is 10.3 Å². The zero-order valence-corrected chi connectivity index (χ0v) is 13.8. The molecule has 0 atom stereocenters. The molecule has 0 radical (unpaired) electrons. The van der Waals surface area contributed by atoms with Gasteiger partial charge in [-0.1, -0.05) is 11.6 Å². The Bertz CT molecular complexity index is 857. The zero-order chi connectivity index (χ0) is 16.9. The molecule has 2 fully saturated rings. The van der Waals surface area contributed by atoms with Crippen molar-refractivity contribution in [2.24, 2.45) is 5.41 Å². The SMILES string of the molecule is O=C(NCC1(C(=O)O)CC1)c1cc(C2CC2)nc2ccc(Cl)cc12. The standard InChI is InChI=1S/C18H17ClN2O3/c19-11-3-4-14-12(7-11)13(8-15(21-14)10-1-2-10)16(22)20-9-18(5-6-18)17(23)24/h3-4,7-8,10H,1-2,5-6,9H2,(H,20,22)(H,23,24). The molecular weight excluding hydrogens is 328 g/mol. The molecule has 2 aromatic rings. The molecule has 4 rings (SSSR count). The van der Waals surface area contributed by atoms with Gasteiger partial charge in [-0.15, -0.1) is 0 Å². The molecule has 1 heterocycles. The Balaban J connectivity index is 1.67. The number of carbonyl (C=O) groups is 2. The molecule has 2 saturated carbocycles. The van der Waals surface area contributed by atoms with Gasteiger partial charge in [-0.25, -0.2) is 0 Å². The first-order chi connectivity index (χ1) is 11.5. The van der Waals surface area contributed by atoms with Gasteiger partial charge < -0.3 is 10.4 Å². The van der Waals surface area contributed by atoms with Crippen LogP contribution in [0.5, 0.6) is 0 Å². The van der Waals surface area contributed by atoms with Crippen LogP contribution in [0.1, 0.15) is 47.7 Å². The number of aromatic nitrogens is 1. The van der Waals surface area contributed by atoms with Crippen LogP contribution in [-0.4, -0.2) is 28.5 Å². The second-order valence-electron chi connectivity index (χ2n) is 6.80. The fourth-order valence-electron chi connectivity index (χ4n) is 2.96. The van der Waals surface area contributed by atoms with E-state index >= 15 is 0 Å². The van der Waals surface area contributed by atoms with Crippen LogP contribution in [0.4, 0.5) is 0 Å². The molecule has 24 heavy (non-hydrogen) atoms. The number of amides is 1. The second-order valence-corrected chi connectivity index (χ2v) is 7.24. The molecule has 0 saturated heterocycles. The van der Waals surface area contributed by atoms with E-state index in [9.17, 15) is 14.7 Å². The summed E-state index contributed by atoms with van der Waals surface area (Å²) in [7, 11) is 0. The maximum atomic E-state index is 12.7. The van der Waals surface area contributed by atoms with Gasteiger partial charge in [-0.05, 0) is 49.9 Å². The van der Waals surface area contributed by atoms with Crippen molar-refractivity contribution in [1.29, 1.82) is 0 Å². The number of carboxylic acids is 1. The van der Waals surface area contributed by atoms with Gasteiger partial charge in [-0.3, -0.25) is 14.6 Å². The summed E-state index contributed by atoms with van der Waals surface area (Å²) in [5.74, 6) is -0.686. The van der Waals surface area contributed by atoms with E-state index in [1.54, 1.807) is 12.1 Å². The molecule has 1 aromatic carbocycles. The van der Waals surface area contributed by atoms with Crippen LogP contribution in [-0.2, 0) is 4.79 Å². The van der Waals surface area contributed by atoms with Gasteiger partial charge in [0.05, 0.1) is 16.5 Å². The molecule has 0 spiro atoms. The zero-order valence-electron chi connectivity index (χ0n) is 13.0. The topological polar surface area (TPSA) is 79.3 Å². The van der Waals surface area contributed by atoms with Crippen molar-refractivity contribution in [3.63, 3.8) is 0 Å². The molecule has 1 aromatic heterocycles. The fourth-order valence-corrected chi connectivity index (χ4v) is 3.13. The number of pyridine rings is 1. The maximum absolute atomic E-state index is 12.7. The van der Waals surface area contributed by atoms with E-state index < -0.39 is 11.4 Å². The van der Waals surface area contributed by atoms with Crippen molar-refractivity contribution in [2.75, 3.05) is 6.54 Å². The predicted octanol–water partition coefficient (Wildman–Crippen LogP) is 3.36. The molecule has 0 bridgehead atoms. The number of halogens is 1. The summed E-state index contributed by atoms with van der Waals surface area (Å²) in [5, 5.41) is 13.3. The molecule has 0 aliphatic heterocycles. The largest absolute Gasteiger partial charge is 0.481 e. The smallest absolute Gasteiger partial charge is 0.311 e. The van der Waals surface area contributed by atoms with E-state index in [-0.39, 0.29) is 12.5 Å². The normalized spacial score (nSPS) is 18.4. The van der Waals surface area contributed by atoms with E-state index in [1.165, 1.54) is 0 Å². The van der Waals surface area contributed by atoms with E-state index in [2.05, 4.69) is 10.3 Å². The van der Waals surface area contributed by atoms with E-state index in [4.69, 9.17) is 11.6 Å². The summed E-state index contributed by atoms with van der Waals surface area (Å²) in [4.78, 5) is 28.6. The minimum atomic E-state index is -0.843. The lowest BCUT2D eigenvalue weighted by Gasteiger charge is -2.13. The molecule has 2 aliphatic rings. The van der Waals surface area contributed by atoms with Crippen LogP contribution < -0.4 is 5.32 Å². The first-order valence-electron chi connectivity index (χ1n) is 8.10. The highest BCUT2D eigenvalue weighted by Crippen LogP contribution is 2.45. The summed E-state index contributed by atoms with van der Waals surface area (Å²) in [6.45, 7) is 0.157. The Morgan fingerprint density at radius 1 is 1.29 bits per heavy atom. The lowest BCUT2D eigenvalue weighted by atomic mass is 10.0. The second kappa shape index (κ2) is 5.45. The van der Waals surface area contributed by atoms with Crippen molar-refractivity contribution >= 4 is 34.4 Å². The number of nitrogens with one attached hydrogen (secondary N) is 1. The molecule has 6 heteroatoms. The highest BCUT2D eigenvalue weighted by molar-refractivity contribution is 6.31. The number of fused-ring (bicyclic) bond motifs is 1. The Morgan fingerprint density at radius 3 is 2.67 bits per heavy atom. The number of carboxylic acid groups (broad SMARTS) is 1. The maximum Gasteiger partial charge on any atom is 0.311 e. The van der Waals surface area contributed by atoms with Gasteiger partial charge in [0, 0.05) is 28.6 Å². The average molecular weight is 345 g/mol. The molecule has 0 unspecified atom stereocenters. The van der Waals surface area contributed by atoms with Crippen LogP contribution in [0.15, 0.2) is 24.3 Å². The number of nitrogens with zero attached hydrogens (tertiary/aromatic N) is 1. The third kappa shape index (κ3) is 2.73. The highest BCUT2D eigenvalue weighted by Gasteiger charge is 2.50. The van der Waals surface area contributed by atoms with E-state index in [0.29, 0.717) is 34.7 Å². The van der Waals surface area contributed by atoms with Crippen molar-refractivity contribution < 1.29 is 14.7 Å². The van der Waals surface area contributed by atoms with Crippen LogP contribution in [0.25, 0.3) is 10.9 Å². The van der Waals surface area contributed by atoms with Gasteiger partial charge in [0.15, 0.2) is 0 Å². The quantitative estimate of drug-likeness (QED) is 0.871. The number of rotatable bonds is 5. The Kier molecular flexibility index (Phi) is 3.49. The van der Waals surface area contributed by atoms with Gasteiger partial charge >= 0.3 is 5.97 Å². The summed E-state index contributed by atoms with van der Waals surface area (Å²) in [5.41, 5.74) is 1.41. The van der Waals surface area contributed by atoms with Gasteiger partial charge in [0.1, 0.15) is 0 Å². The van der Waals surface area contributed by atoms with Crippen molar-refractivity contribution in [3.05, 3.63) is 40.5 Å². The van der Waals surface area contributed by atoms with E-state index in [1.807, 2.05) is 12.1 Å². The average Bonchev–Trinajstić information content (AvgIpc) is 3.45. The van der Waals surface area contributed by atoms with Crippen molar-refractivity contribution in [2.45, 2.75) is 31.6 Å². The lowest BCUT2D eigenvalue weighted by molar-refractivity contribution is -0.143. The molecule has 1 amide bonds. The molecule has 2 aliphatic carbocycles. The van der Waals surface area contributed by atoms with Gasteiger partial charge in [-0.2, -0.15) is 0 Å². The summed E-state index contributed by atoms with van der Waals surface area (Å²) in [6.07, 6.45) is 3.41. The number of carbonyl (C=O) groups excluding carboxylic acids is 1. The first kappa shape index (κ1) is 15.4. The molecular formula is C18H17ClN2O3. The van der Waals surface area contributed by atoms with Crippen LogP contribution >= 0.6 is 11.6 Å². The Hall–Kier alpha value is -2.14. The van der Waals surface area contributed by atoms with Crippen LogP contribution in [0.2, 0.25) is 5.02 Å². The third-order valence-electron chi connectivity index (χ3n) is 4.93. The number of hydrogen-bond donors (Lipinski definition) is 2. The molecule has 5 nitrogen and oxygen atoms in total. The monoisotopic (exact) mass is 344 g/mol.